The van der Waals surface area contributed by atoms with Crippen molar-refractivity contribution in [3.8, 4) is 0 Å². The Kier molecular flexibility index (Phi) is 6.28. The fourth-order valence-electron chi connectivity index (χ4n) is 1.79. The first-order valence-electron chi connectivity index (χ1n) is 6.74. The Bertz CT molecular complexity index is 411. The normalized spacial score (nSPS) is 15.2. The Morgan fingerprint density at radius 3 is 2.90 bits per heavy atom. The van der Waals surface area contributed by atoms with Crippen LogP contribution in [0.15, 0.2) is 0 Å². The number of thiazole rings is 1. The van der Waals surface area contributed by atoms with Crippen molar-refractivity contribution < 1.29 is 18.3 Å². The number of halogens is 2. The molecule has 1 fully saturated rings. The van der Waals surface area contributed by atoms with Crippen LogP contribution in [0.25, 0.3) is 0 Å². The number of nitrogens with one attached hydrogen (secondary N) is 1. The van der Waals surface area contributed by atoms with Gasteiger partial charge in [0, 0.05) is 31.0 Å². The largest absolute Gasteiger partial charge is 0.378 e. The van der Waals surface area contributed by atoms with Crippen LogP contribution in [0.3, 0.4) is 0 Å². The van der Waals surface area contributed by atoms with E-state index < -0.39 is 13.0 Å². The average molecular weight is 306 g/mol. The summed E-state index contributed by atoms with van der Waals surface area (Å²) in [6, 6.07) is 0.644. The molecule has 0 spiro atoms. The third-order valence-corrected chi connectivity index (χ3v) is 4.09. The molecule has 1 saturated carbocycles. The highest BCUT2D eigenvalue weighted by atomic mass is 32.1. The fraction of sp³-hybridized carbons (Fsp3) is 0.769. The van der Waals surface area contributed by atoms with Crippen molar-refractivity contribution in [2.75, 3.05) is 20.3 Å². The van der Waals surface area contributed by atoms with E-state index in [1.807, 2.05) is 0 Å². The smallest absolute Gasteiger partial charge is 0.261 e. The van der Waals surface area contributed by atoms with E-state index in [0.29, 0.717) is 19.1 Å². The van der Waals surface area contributed by atoms with Crippen LogP contribution in [0, 0.1) is 0 Å². The molecule has 1 aliphatic rings. The van der Waals surface area contributed by atoms with Gasteiger partial charge in [-0.3, -0.25) is 0 Å². The fourth-order valence-corrected chi connectivity index (χ4v) is 2.79. The topological polar surface area (TPSA) is 43.4 Å². The minimum atomic E-state index is -2.41. The molecule has 0 saturated heterocycles. The van der Waals surface area contributed by atoms with E-state index >= 15 is 0 Å². The highest BCUT2D eigenvalue weighted by Crippen LogP contribution is 2.23. The Balaban J connectivity index is 1.82. The predicted molar refractivity (Wildman–Crippen MR) is 73.2 cm³/mol. The summed E-state index contributed by atoms with van der Waals surface area (Å²) in [6.45, 7) is 1.06. The third-order valence-electron chi connectivity index (χ3n) is 2.94. The van der Waals surface area contributed by atoms with Crippen LogP contribution in [0.2, 0.25) is 0 Å². The van der Waals surface area contributed by atoms with Crippen LogP contribution in [-0.2, 0) is 29.0 Å². The Morgan fingerprint density at radius 1 is 1.45 bits per heavy atom. The van der Waals surface area contributed by atoms with Crippen LogP contribution in [-0.4, -0.2) is 37.8 Å². The van der Waals surface area contributed by atoms with Crippen molar-refractivity contribution in [2.24, 2.45) is 0 Å². The van der Waals surface area contributed by atoms with Crippen molar-refractivity contribution in [2.45, 2.75) is 44.9 Å². The van der Waals surface area contributed by atoms with E-state index in [2.05, 4.69) is 10.3 Å². The van der Waals surface area contributed by atoms with Gasteiger partial charge in [0.15, 0.2) is 0 Å². The van der Waals surface area contributed by atoms with Gasteiger partial charge in [-0.15, -0.1) is 11.3 Å². The molecule has 1 aliphatic carbocycles. The summed E-state index contributed by atoms with van der Waals surface area (Å²) >= 11 is 1.61. The molecule has 0 atom stereocenters. The number of rotatable bonds is 10. The molecule has 20 heavy (non-hydrogen) atoms. The lowest BCUT2D eigenvalue weighted by molar-refractivity contribution is 0.0187. The van der Waals surface area contributed by atoms with E-state index in [1.165, 1.54) is 17.7 Å². The summed E-state index contributed by atoms with van der Waals surface area (Å²) in [7, 11) is 1.64. The van der Waals surface area contributed by atoms with Gasteiger partial charge < -0.3 is 14.8 Å². The second kappa shape index (κ2) is 7.97. The third kappa shape index (κ3) is 5.40. The summed E-state index contributed by atoms with van der Waals surface area (Å²) < 4.78 is 33.9. The second-order valence-electron chi connectivity index (χ2n) is 4.78. The van der Waals surface area contributed by atoms with Gasteiger partial charge in [-0.1, -0.05) is 0 Å². The molecule has 0 amide bonds. The molecule has 4 nitrogen and oxygen atoms in total. The van der Waals surface area contributed by atoms with Gasteiger partial charge in [-0.2, -0.15) is 0 Å². The maximum absolute atomic E-state index is 11.9. The molecule has 0 aromatic carbocycles. The predicted octanol–water partition coefficient (Wildman–Crippen LogP) is 2.37. The Hall–Kier alpha value is -0.630. The van der Waals surface area contributed by atoms with E-state index in [1.54, 1.807) is 18.4 Å². The number of hydrogen-bond acceptors (Lipinski definition) is 5. The molecule has 2 rings (SSSR count). The van der Waals surface area contributed by atoms with Gasteiger partial charge >= 0.3 is 0 Å². The SMILES string of the molecule is COCc1nc(CCOCC(F)F)sc1CNC1CC1. The molecule has 0 aliphatic heterocycles. The maximum atomic E-state index is 11.9. The van der Waals surface area contributed by atoms with Crippen molar-refractivity contribution in [1.82, 2.24) is 10.3 Å². The number of alkyl halides is 2. The molecule has 0 unspecified atom stereocenters. The van der Waals surface area contributed by atoms with Gasteiger partial charge in [0.2, 0.25) is 0 Å². The number of ether oxygens (including phenoxy) is 2. The van der Waals surface area contributed by atoms with Gasteiger partial charge in [0.1, 0.15) is 6.61 Å². The lowest BCUT2D eigenvalue weighted by Gasteiger charge is -2.02. The van der Waals surface area contributed by atoms with Crippen molar-refractivity contribution in [1.29, 1.82) is 0 Å². The van der Waals surface area contributed by atoms with Crippen LogP contribution >= 0.6 is 11.3 Å². The van der Waals surface area contributed by atoms with Crippen LogP contribution in [0.5, 0.6) is 0 Å². The summed E-state index contributed by atoms with van der Waals surface area (Å²) in [5.74, 6) is 0. The number of hydrogen-bond donors (Lipinski definition) is 1. The number of methoxy groups -OCH3 is 1. The quantitative estimate of drug-likeness (QED) is 0.674. The highest BCUT2D eigenvalue weighted by molar-refractivity contribution is 7.11. The second-order valence-corrected chi connectivity index (χ2v) is 5.95. The van der Waals surface area contributed by atoms with E-state index in [9.17, 15) is 8.78 Å². The van der Waals surface area contributed by atoms with E-state index in [0.717, 1.165) is 17.2 Å². The van der Waals surface area contributed by atoms with E-state index in [-0.39, 0.29) is 6.61 Å². The lowest BCUT2D eigenvalue weighted by atomic mass is 10.3. The molecule has 114 valence electrons. The van der Waals surface area contributed by atoms with Gasteiger partial charge in [0.25, 0.3) is 6.43 Å². The summed E-state index contributed by atoms with van der Waals surface area (Å²) in [5, 5.41) is 4.37. The first-order valence-corrected chi connectivity index (χ1v) is 7.56. The highest BCUT2D eigenvalue weighted by Gasteiger charge is 2.21. The monoisotopic (exact) mass is 306 g/mol. The van der Waals surface area contributed by atoms with Crippen LogP contribution in [0.1, 0.15) is 28.4 Å². The zero-order valence-corrected chi connectivity index (χ0v) is 12.3. The number of nitrogens with zero attached hydrogens (tertiary/aromatic N) is 1. The molecule has 1 aromatic heterocycles. The minimum Gasteiger partial charge on any atom is -0.378 e. The lowest BCUT2D eigenvalue weighted by Crippen LogP contribution is -2.15. The van der Waals surface area contributed by atoms with Crippen molar-refractivity contribution in [3.05, 3.63) is 15.6 Å². The first kappa shape index (κ1) is 15.8. The summed E-state index contributed by atoms with van der Waals surface area (Å²) in [5.41, 5.74) is 0.939. The van der Waals surface area contributed by atoms with Gasteiger partial charge in [-0.25, -0.2) is 13.8 Å². The molecular weight excluding hydrogens is 286 g/mol. The molecule has 0 bridgehead atoms. The standard InChI is InChI=1S/C13H20F2N2O2S/c1-18-7-10-11(6-16-9-2-3-9)20-13(17-10)4-5-19-8-12(14)15/h9,12,16H,2-8H2,1H3. The zero-order valence-electron chi connectivity index (χ0n) is 11.5. The molecule has 1 heterocycles. The zero-order chi connectivity index (χ0) is 14.4. The van der Waals surface area contributed by atoms with Crippen molar-refractivity contribution >= 4 is 11.3 Å². The van der Waals surface area contributed by atoms with Gasteiger partial charge in [0.05, 0.1) is 23.9 Å². The summed E-state index contributed by atoms with van der Waals surface area (Å²) in [4.78, 5) is 5.67. The molecule has 7 heteroatoms. The first-order chi connectivity index (χ1) is 9.69. The van der Waals surface area contributed by atoms with Crippen LogP contribution < -0.4 is 5.32 Å². The minimum absolute atomic E-state index is 0.278. The molecule has 1 aromatic rings. The Labute approximate surface area is 121 Å². The average Bonchev–Trinajstić information content (AvgIpc) is 3.15. The maximum Gasteiger partial charge on any atom is 0.261 e. The Morgan fingerprint density at radius 2 is 2.25 bits per heavy atom. The molecule has 0 radical (unpaired) electrons. The molecule has 1 N–H and O–H groups in total. The van der Waals surface area contributed by atoms with E-state index in [4.69, 9.17) is 9.47 Å². The van der Waals surface area contributed by atoms with Crippen molar-refractivity contribution in [3.63, 3.8) is 0 Å². The molecular formula is C13H20F2N2O2S. The van der Waals surface area contributed by atoms with Crippen LogP contribution in [0.4, 0.5) is 8.78 Å². The summed E-state index contributed by atoms with van der Waals surface area (Å²) in [6.07, 6.45) is 0.644. The van der Waals surface area contributed by atoms with Gasteiger partial charge in [-0.05, 0) is 12.8 Å². The number of aromatic nitrogens is 1.